The van der Waals surface area contributed by atoms with E-state index in [9.17, 15) is 4.79 Å². The SMILES string of the molecule is Cc1cc(OCCn2c(C(C)NC(=O)Cc3ccc(-c4ccccc4)cc3)nc3ccccc32)cc(C)c1Cl. The van der Waals surface area contributed by atoms with Crippen LogP contribution in [0.15, 0.2) is 91.0 Å². The number of hydrogen-bond acceptors (Lipinski definition) is 3. The molecule has 1 aromatic heterocycles. The number of aryl methyl sites for hydroxylation is 2. The molecule has 0 aliphatic rings. The maximum atomic E-state index is 13.0. The summed E-state index contributed by atoms with van der Waals surface area (Å²) in [6.45, 7) is 6.98. The van der Waals surface area contributed by atoms with Crippen LogP contribution in [0.4, 0.5) is 0 Å². The van der Waals surface area contributed by atoms with Gasteiger partial charge in [-0.2, -0.15) is 0 Å². The molecule has 1 unspecified atom stereocenters. The number of rotatable bonds is 9. The van der Waals surface area contributed by atoms with Crippen LogP contribution in [0.2, 0.25) is 5.02 Å². The highest BCUT2D eigenvalue weighted by Crippen LogP contribution is 2.26. The lowest BCUT2D eigenvalue weighted by atomic mass is 10.0. The highest BCUT2D eigenvalue weighted by Gasteiger charge is 2.19. The second-order valence-corrected chi connectivity index (χ2v) is 10.2. The van der Waals surface area contributed by atoms with Crippen molar-refractivity contribution in [2.45, 2.75) is 39.8 Å². The van der Waals surface area contributed by atoms with Crippen molar-refractivity contribution < 1.29 is 9.53 Å². The molecule has 0 aliphatic heterocycles. The van der Waals surface area contributed by atoms with Crippen LogP contribution in [0, 0.1) is 13.8 Å². The molecule has 4 aromatic carbocycles. The number of nitrogens with zero attached hydrogens (tertiary/aromatic N) is 2. The topological polar surface area (TPSA) is 56.1 Å². The summed E-state index contributed by atoms with van der Waals surface area (Å²) in [5.74, 6) is 1.55. The number of carbonyl (C=O) groups excluding carboxylic acids is 1. The first-order valence-electron chi connectivity index (χ1n) is 13.2. The molecule has 198 valence electrons. The summed E-state index contributed by atoms with van der Waals surface area (Å²) in [6.07, 6.45) is 0.304. The van der Waals surface area contributed by atoms with E-state index < -0.39 is 0 Å². The summed E-state index contributed by atoms with van der Waals surface area (Å²) in [7, 11) is 0. The predicted octanol–water partition coefficient (Wildman–Crippen LogP) is 7.47. The molecule has 5 nitrogen and oxygen atoms in total. The molecule has 0 saturated heterocycles. The van der Waals surface area contributed by atoms with Gasteiger partial charge < -0.3 is 14.6 Å². The molecule has 5 aromatic rings. The van der Waals surface area contributed by atoms with Gasteiger partial charge in [0.25, 0.3) is 0 Å². The molecule has 1 heterocycles. The van der Waals surface area contributed by atoms with Crippen molar-refractivity contribution in [2.75, 3.05) is 6.61 Å². The molecule has 0 radical (unpaired) electrons. The first-order chi connectivity index (χ1) is 18.9. The Morgan fingerprint density at radius 3 is 2.28 bits per heavy atom. The zero-order chi connectivity index (χ0) is 27.4. The molecule has 6 heteroatoms. The number of fused-ring (bicyclic) bond motifs is 1. The van der Waals surface area contributed by atoms with E-state index in [0.29, 0.717) is 19.6 Å². The fourth-order valence-electron chi connectivity index (χ4n) is 4.89. The minimum Gasteiger partial charge on any atom is -0.492 e. The number of amides is 1. The van der Waals surface area contributed by atoms with Gasteiger partial charge in [0.05, 0.1) is 30.0 Å². The second kappa shape index (κ2) is 11.7. The zero-order valence-corrected chi connectivity index (χ0v) is 23.2. The fraction of sp³-hybridized carbons (Fsp3) is 0.212. The monoisotopic (exact) mass is 537 g/mol. The molecule has 0 saturated carbocycles. The summed E-state index contributed by atoms with van der Waals surface area (Å²) in [4.78, 5) is 17.8. The van der Waals surface area contributed by atoms with Gasteiger partial charge in [-0.25, -0.2) is 4.98 Å². The van der Waals surface area contributed by atoms with Gasteiger partial charge in [0, 0.05) is 5.02 Å². The quantitative estimate of drug-likeness (QED) is 0.212. The fourth-order valence-corrected chi connectivity index (χ4v) is 5.00. The van der Waals surface area contributed by atoms with Gasteiger partial charge in [0.1, 0.15) is 18.2 Å². The highest BCUT2D eigenvalue weighted by atomic mass is 35.5. The van der Waals surface area contributed by atoms with Crippen LogP contribution in [0.25, 0.3) is 22.2 Å². The minimum atomic E-state index is -0.270. The van der Waals surface area contributed by atoms with Crippen molar-refractivity contribution in [3.8, 4) is 16.9 Å². The molecule has 1 amide bonds. The van der Waals surface area contributed by atoms with E-state index in [1.807, 2.05) is 87.5 Å². The van der Waals surface area contributed by atoms with E-state index in [0.717, 1.165) is 55.4 Å². The number of para-hydroxylation sites is 2. The lowest BCUT2D eigenvalue weighted by Crippen LogP contribution is -2.30. The summed E-state index contributed by atoms with van der Waals surface area (Å²) in [5.41, 5.74) is 7.15. The van der Waals surface area contributed by atoms with Crippen molar-refractivity contribution in [1.29, 1.82) is 0 Å². The van der Waals surface area contributed by atoms with Gasteiger partial charge in [0.15, 0.2) is 0 Å². The normalized spacial score (nSPS) is 11.9. The summed E-state index contributed by atoms with van der Waals surface area (Å²) >= 11 is 6.31. The summed E-state index contributed by atoms with van der Waals surface area (Å²) in [5, 5.41) is 3.91. The number of imidazole rings is 1. The summed E-state index contributed by atoms with van der Waals surface area (Å²) in [6, 6.07) is 30.0. The van der Waals surface area contributed by atoms with Crippen molar-refractivity contribution >= 4 is 28.5 Å². The van der Waals surface area contributed by atoms with Crippen molar-refractivity contribution in [3.05, 3.63) is 119 Å². The number of benzene rings is 4. The van der Waals surface area contributed by atoms with Crippen LogP contribution >= 0.6 is 11.6 Å². The largest absolute Gasteiger partial charge is 0.492 e. The van der Waals surface area contributed by atoms with Gasteiger partial charge in [-0.3, -0.25) is 4.79 Å². The molecule has 39 heavy (non-hydrogen) atoms. The van der Waals surface area contributed by atoms with Gasteiger partial charge in [-0.1, -0.05) is 78.3 Å². The van der Waals surface area contributed by atoms with E-state index in [1.54, 1.807) is 0 Å². The molecular formula is C33H32ClN3O2. The smallest absolute Gasteiger partial charge is 0.224 e. The molecule has 0 fully saturated rings. The molecule has 0 bridgehead atoms. The third kappa shape index (κ3) is 6.15. The average molecular weight is 538 g/mol. The van der Waals surface area contributed by atoms with E-state index in [1.165, 1.54) is 0 Å². The average Bonchev–Trinajstić information content (AvgIpc) is 3.31. The Labute approximate surface area is 234 Å². The van der Waals surface area contributed by atoms with E-state index in [-0.39, 0.29) is 11.9 Å². The third-order valence-electron chi connectivity index (χ3n) is 6.87. The molecule has 0 spiro atoms. The Morgan fingerprint density at radius 2 is 1.56 bits per heavy atom. The first kappa shape index (κ1) is 26.5. The molecular weight excluding hydrogens is 506 g/mol. The standard InChI is InChI=1S/C33H32ClN3O2/c1-22-19-28(20-23(2)32(22)34)39-18-17-37-30-12-8-7-11-29(30)36-33(37)24(3)35-31(38)21-25-13-15-27(16-14-25)26-9-5-4-6-10-26/h4-16,19-20,24H,17-18,21H2,1-3H3,(H,35,38). The molecule has 1 N–H and O–H groups in total. The number of aromatic nitrogens is 2. The van der Waals surface area contributed by atoms with Gasteiger partial charge >= 0.3 is 0 Å². The lowest BCUT2D eigenvalue weighted by Gasteiger charge is -2.17. The molecule has 0 aliphatic carbocycles. The predicted molar refractivity (Wildman–Crippen MR) is 158 cm³/mol. The Morgan fingerprint density at radius 1 is 0.923 bits per heavy atom. The van der Waals surface area contributed by atoms with Crippen LogP contribution in [0.3, 0.4) is 0 Å². The number of hydrogen-bond donors (Lipinski definition) is 1. The van der Waals surface area contributed by atoms with Crippen molar-refractivity contribution in [2.24, 2.45) is 0 Å². The van der Waals surface area contributed by atoms with Crippen molar-refractivity contribution in [3.63, 3.8) is 0 Å². The van der Waals surface area contributed by atoms with E-state index in [4.69, 9.17) is 21.3 Å². The van der Waals surface area contributed by atoms with Crippen LogP contribution in [-0.4, -0.2) is 22.1 Å². The third-order valence-corrected chi connectivity index (χ3v) is 7.46. The van der Waals surface area contributed by atoms with Gasteiger partial charge in [-0.15, -0.1) is 0 Å². The highest BCUT2D eigenvalue weighted by molar-refractivity contribution is 6.32. The number of ether oxygens (including phenoxy) is 1. The van der Waals surface area contributed by atoms with Crippen LogP contribution in [0.1, 0.15) is 35.5 Å². The minimum absolute atomic E-state index is 0.0445. The Hall–Kier alpha value is -4.09. The number of halogens is 1. The van der Waals surface area contributed by atoms with E-state index >= 15 is 0 Å². The maximum absolute atomic E-state index is 13.0. The van der Waals surface area contributed by atoms with Crippen LogP contribution in [0.5, 0.6) is 5.75 Å². The molecule has 5 rings (SSSR count). The van der Waals surface area contributed by atoms with Gasteiger partial charge in [0.2, 0.25) is 5.91 Å². The van der Waals surface area contributed by atoms with Crippen LogP contribution in [-0.2, 0) is 17.8 Å². The number of nitrogens with one attached hydrogen (secondary N) is 1. The zero-order valence-electron chi connectivity index (χ0n) is 22.4. The second-order valence-electron chi connectivity index (χ2n) is 9.86. The van der Waals surface area contributed by atoms with Gasteiger partial charge in [-0.05, 0) is 72.9 Å². The van der Waals surface area contributed by atoms with Crippen LogP contribution < -0.4 is 10.1 Å². The summed E-state index contributed by atoms with van der Waals surface area (Å²) < 4.78 is 8.22. The Bertz CT molecular complexity index is 1570. The Balaban J connectivity index is 1.27. The molecule has 1 atom stereocenters. The maximum Gasteiger partial charge on any atom is 0.224 e. The first-order valence-corrected chi connectivity index (χ1v) is 13.6. The Kier molecular flexibility index (Phi) is 7.99. The number of carbonyl (C=O) groups is 1. The van der Waals surface area contributed by atoms with Crippen molar-refractivity contribution in [1.82, 2.24) is 14.9 Å². The lowest BCUT2D eigenvalue weighted by molar-refractivity contribution is -0.121. The van der Waals surface area contributed by atoms with E-state index in [2.05, 4.69) is 34.1 Å².